The second-order valence-corrected chi connectivity index (χ2v) is 5.10. The predicted octanol–water partition coefficient (Wildman–Crippen LogP) is 3.54. The van der Waals surface area contributed by atoms with Gasteiger partial charge in [0.1, 0.15) is 5.75 Å². The third-order valence-electron chi connectivity index (χ3n) is 3.44. The van der Waals surface area contributed by atoms with Crippen LogP contribution in [0.4, 0.5) is 5.69 Å². The Hall–Kier alpha value is -2.33. The maximum atomic E-state index is 11.8. The van der Waals surface area contributed by atoms with E-state index in [1.54, 1.807) is 7.11 Å². The Morgan fingerprint density at radius 3 is 2.45 bits per heavy atom. The zero-order valence-corrected chi connectivity index (χ0v) is 12.7. The van der Waals surface area contributed by atoms with Crippen molar-refractivity contribution in [3.8, 4) is 5.75 Å². The third kappa shape index (κ3) is 4.90. The Balaban J connectivity index is 1.74. The standard InChI is InChI=1S/C18H21NO3/c1-22-16-12-10-14(11-13-16)17(20)8-5-9-18(21)19-15-6-3-2-4-7-15/h2-4,6-7,10-13,17,20H,5,8-9H2,1H3,(H,19,21). The SMILES string of the molecule is COc1ccc(C(O)CCCC(=O)Nc2ccccc2)cc1. The maximum absolute atomic E-state index is 11.8. The highest BCUT2D eigenvalue weighted by molar-refractivity contribution is 5.90. The molecule has 1 unspecified atom stereocenters. The van der Waals surface area contributed by atoms with Gasteiger partial charge in [-0.1, -0.05) is 30.3 Å². The number of aliphatic hydroxyl groups is 1. The number of anilines is 1. The van der Waals surface area contributed by atoms with Crippen LogP contribution in [0.1, 0.15) is 30.9 Å². The van der Waals surface area contributed by atoms with Crippen LogP contribution < -0.4 is 10.1 Å². The van der Waals surface area contributed by atoms with Crippen molar-refractivity contribution in [3.05, 3.63) is 60.2 Å². The summed E-state index contributed by atoms with van der Waals surface area (Å²) < 4.78 is 5.08. The summed E-state index contributed by atoms with van der Waals surface area (Å²) in [6.45, 7) is 0. The van der Waals surface area contributed by atoms with E-state index < -0.39 is 6.10 Å². The quantitative estimate of drug-likeness (QED) is 0.822. The van der Waals surface area contributed by atoms with Crippen LogP contribution in [0.5, 0.6) is 5.75 Å². The van der Waals surface area contributed by atoms with E-state index in [1.807, 2.05) is 54.6 Å². The summed E-state index contributed by atoms with van der Waals surface area (Å²) in [6.07, 6.45) is 1.01. The van der Waals surface area contributed by atoms with Crippen molar-refractivity contribution >= 4 is 11.6 Å². The molecule has 0 saturated carbocycles. The lowest BCUT2D eigenvalue weighted by molar-refractivity contribution is -0.116. The van der Waals surface area contributed by atoms with E-state index in [-0.39, 0.29) is 5.91 Å². The van der Waals surface area contributed by atoms with Gasteiger partial charge in [-0.15, -0.1) is 0 Å². The molecule has 1 amide bonds. The molecule has 4 heteroatoms. The highest BCUT2D eigenvalue weighted by Gasteiger charge is 2.09. The summed E-state index contributed by atoms with van der Waals surface area (Å²) >= 11 is 0. The first-order chi connectivity index (χ1) is 10.7. The summed E-state index contributed by atoms with van der Waals surface area (Å²) in [7, 11) is 1.61. The molecule has 0 fully saturated rings. The maximum Gasteiger partial charge on any atom is 0.224 e. The molecule has 2 aromatic carbocycles. The predicted molar refractivity (Wildman–Crippen MR) is 86.9 cm³/mol. The minimum Gasteiger partial charge on any atom is -0.497 e. The number of para-hydroxylation sites is 1. The van der Waals surface area contributed by atoms with Crippen molar-refractivity contribution in [1.29, 1.82) is 0 Å². The van der Waals surface area contributed by atoms with Gasteiger partial charge in [0.2, 0.25) is 5.91 Å². The second kappa shape index (κ2) is 8.20. The number of amides is 1. The number of nitrogens with one attached hydrogen (secondary N) is 1. The lowest BCUT2D eigenvalue weighted by atomic mass is 10.0. The van der Waals surface area contributed by atoms with Crippen LogP contribution in [-0.4, -0.2) is 18.1 Å². The van der Waals surface area contributed by atoms with E-state index in [0.717, 1.165) is 17.0 Å². The van der Waals surface area contributed by atoms with Crippen molar-refractivity contribution in [2.24, 2.45) is 0 Å². The molecule has 22 heavy (non-hydrogen) atoms. The van der Waals surface area contributed by atoms with E-state index in [2.05, 4.69) is 5.32 Å². The zero-order valence-electron chi connectivity index (χ0n) is 12.7. The third-order valence-corrected chi connectivity index (χ3v) is 3.44. The van der Waals surface area contributed by atoms with Crippen LogP contribution in [0.15, 0.2) is 54.6 Å². The van der Waals surface area contributed by atoms with Crippen molar-refractivity contribution in [2.75, 3.05) is 12.4 Å². The van der Waals surface area contributed by atoms with Crippen LogP contribution in [0.3, 0.4) is 0 Å². The van der Waals surface area contributed by atoms with Gasteiger partial charge in [-0.05, 0) is 42.7 Å². The molecule has 0 aliphatic carbocycles. The van der Waals surface area contributed by atoms with Gasteiger partial charge in [0, 0.05) is 12.1 Å². The number of aliphatic hydroxyl groups excluding tert-OH is 1. The van der Waals surface area contributed by atoms with E-state index in [1.165, 1.54) is 0 Å². The van der Waals surface area contributed by atoms with Crippen LogP contribution in [0, 0.1) is 0 Å². The lowest BCUT2D eigenvalue weighted by Gasteiger charge is -2.11. The molecule has 4 nitrogen and oxygen atoms in total. The van der Waals surface area contributed by atoms with Crippen LogP contribution in [0.25, 0.3) is 0 Å². The number of benzene rings is 2. The van der Waals surface area contributed by atoms with E-state index in [0.29, 0.717) is 19.3 Å². The van der Waals surface area contributed by atoms with Crippen molar-refractivity contribution in [3.63, 3.8) is 0 Å². The summed E-state index contributed by atoms with van der Waals surface area (Å²) in [4.78, 5) is 11.8. The van der Waals surface area contributed by atoms with Crippen LogP contribution in [0.2, 0.25) is 0 Å². The Kier molecular flexibility index (Phi) is 5.98. The van der Waals surface area contributed by atoms with Crippen molar-refractivity contribution in [1.82, 2.24) is 0 Å². The molecule has 0 aromatic heterocycles. The van der Waals surface area contributed by atoms with Gasteiger partial charge in [-0.2, -0.15) is 0 Å². The second-order valence-electron chi connectivity index (χ2n) is 5.10. The van der Waals surface area contributed by atoms with Gasteiger partial charge in [0.25, 0.3) is 0 Å². The molecule has 0 aliphatic rings. The summed E-state index contributed by atoms with van der Waals surface area (Å²) in [5.74, 6) is 0.728. The number of carbonyl (C=O) groups excluding carboxylic acids is 1. The molecule has 0 spiro atoms. The van der Waals surface area contributed by atoms with Crippen molar-refractivity contribution in [2.45, 2.75) is 25.4 Å². The largest absolute Gasteiger partial charge is 0.497 e. The molecule has 116 valence electrons. The molecule has 2 N–H and O–H groups in total. The van der Waals surface area contributed by atoms with Gasteiger partial charge < -0.3 is 15.2 Å². The van der Waals surface area contributed by atoms with E-state index >= 15 is 0 Å². The fourth-order valence-electron chi connectivity index (χ4n) is 2.19. The first-order valence-electron chi connectivity index (χ1n) is 7.36. The topological polar surface area (TPSA) is 58.6 Å². The van der Waals surface area contributed by atoms with E-state index in [9.17, 15) is 9.90 Å². The molecular formula is C18H21NO3. The number of rotatable bonds is 7. The number of carbonyl (C=O) groups is 1. The minimum absolute atomic E-state index is 0.0341. The summed E-state index contributed by atoms with van der Waals surface area (Å²) in [5, 5.41) is 12.9. The van der Waals surface area contributed by atoms with Crippen molar-refractivity contribution < 1.29 is 14.6 Å². The Labute approximate surface area is 130 Å². The molecular weight excluding hydrogens is 278 g/mol. The van der Waals surface area contributed by atoms with Crippen LogP contribution >= 0.6 is 0 Å². The van der Waals surface area contributed by atoms with E-state index in [4.69, 9.17) is 4.74 Å². The molecule has 2 rings (SSSR count). The molecule has 0 aliphatic heterocycles. The molecule has 2 aromatic rings. The number of ether oxygens (including phenoxy) is 1. The molecule has 0 radical (unpaired) electrons. The normalized spacial score (nSPS) is 11.7. The summed E-state index contributed by atoms with van der Waals surface area (Å²) in [6, 6.07) is 16.7. The monoisotopic (exact) mass is 299 g/mol. The Morgan fingerprint density at radius 2 is 1.82 bits per heavy atom. The highest BCUT2D eigenvalue weighted by atomic mass is 16.5. The first-order valence-corrected chi connectivity index (χ1v) is 7.36. The average Bonchev–Trinajstić information content (AvgIpc) is 2.55. The average molecular weight is 299 g/mol. The van der Waals surface area contributed by atoms with Gasteiger partial charge in [0.15, 0.2) is 0 Å². The number of methoxy groups -OCH3 is 1. The number of hydrogen-bond acceptors (Lipinski definition) is 3. The fraction of sp³-hybridized carbons (Fsp3) is 0.278. The molecule has 0 saturated heterocycles. The lowest BCUT2D eigenvalue weighted by Crippen LogP contribution is -2.11. The zero-order chi connectivity index (χ0) is 15.8. The molecule has 0 bridgehead atoms. The molecule has 0 heterocycles. The number of hydrogen-bond donors (Lipinski definition) is 2. The molecule has 1 atom stereocenters. The first kappa shape index (κ1) is 16.0. The van der Waals surface area contributed by atoms with Gasteiger partial charge in [0.05, 0.1) is 13.2 Å². The summed E-state index contributed by atoms with van der Waals surface area (Å²) in [5.41, 5.74) is 1.63. The Morgan fingerprint density at radius 1 is 1.14 bits per heavy atom. The Bertz CT molecular complexity index is 581. The van der Waals surface area contributed by atoms with Gasteiger partial charge in [-0.3, -0.25) is 4.79 Å². The smallest absolute Gasteiger partial charge is 0.224 e. The fourth-order valence-corrected chi connectivity index (χ4v) is 2.19. The highest BCUT2D eigenvalue weighted by Crippen LogP contribution is 2.22. The van der Waals surface area contributed by atoms with Gasteiger partial charge >= 0.3 is 0 Å². The van der Waals surface area contributed by atoms with Crippen LogP contribution in [-0.2, 0) is 4.79 Å². The van der Waals surface area contributed by atoms with Gasteiger partial charge in [-0.25, -0.2) is 0 Å². The minimum atomic E-state index is -0.560.